The Balaban J connectivity index is 1.48. The van der Waals surface area contributed by atoms with E-state index < -0.39 is 53.1 Å². The van der Waals surface area contributed by atoms with Crippen molar-refractivity contribution in [2.45, 2.75) is 70.4 Å². The largest absolute Gasteiger partial charge is 0.493 e. The van der Waals surface area contributed by atoms with Crippen LogP contribution in [0.4, 0.5) is 35.9 Å². The summed E-state index contributed by atoms with van der Waals surface area (Å²) in [6, 6.07) is 6.95. The van der Waals surface area contributed by atoms with E-state index in [2.05, 4.69) is 20.4 Å². The maximum absolute atomic E-state index is 14.0. The zero-order chi connectivity index (χ0) is 34.6. The molecule has 1 saturated heterocycles. The molecule has 1 atom stereocenters. The number of nitrogens with zero attached hydrogens (tertiary/aromatic N) is 4. The quantitative estimate of drug-likeness (QED) is 0.113. The third kappa shape index (κ3) is 9.59. The molecule has 47 heavy (non-hydrogen) atoms. The number of carbonyl (C=O) groups excluding carboxylic acids is 1. The molecule has 2 heterocycles. The normalized spacial score (nSPS) is 15.9. The molecule has 1 aliphatic rings. The van der Waals surface area contributed by atoms with Gasteiger partial charge in [-0.1, -0.05) is 17.3 Å². The molecule has 3 aromatic rings. The van der Waals surface area contributed by atoms with Crippen LogP contribution < -0.4 is 10.1 Å². The van der Waals surface area contributed by atoms with Crippen LogP contribution in [-0.2, 0) is 23.5 Å². The lowest BCUT2D eigenvalue weighted by atomic mass is 10.1. The molecule has 11 nitrogen and oxygen atoms in total. The lowest BCUT2D eigenvalue weighted by molar-refractivity contribution is -0.139. The Morgan fingerprint density at radius 2 is 1.77 bits per heavy atom. The van der Waals surface area contributed by atoms with E-state index in [4.69, 9.17) is 14.0 Å². The molecule has 1 aromatic heterocycles. The van der Waals surface area contributed by atoms with Crippen LogP contribution in [0.25, 0.3) is 11.4 Å². The van der Waals surface area contributed by atoms with Crippen molar-refractivity contribution in [1.82, 2.24) is 20.4 Å². The molecule has 0 radical (unpaired) electrons. The fraction of sp³-hybridized carbons (Fsp3) is 0.433. The number of halogens is 6. The van der Waals surface area contributed by atoms with E-state index >= 15 is 0 Å². The number of ether oxygens (including phenoxy) is 2. The number of amides is 2. The summed E-state index contributed by atoms with van der Waals surface area (Å²) < 4.78 is 96.2. The molecule has 4 rings (SSSR count). The van der Waals surface area contributed by atoms with E-state index in [0.717, 1.165) is 24.3 Å². The van der Waals surface area contributed by atoms with Crippen LogP contribution >= 0.6 is 0 Å². The van der Waals surface area contributed by atoms with Gasteiger partial charge >= 0.3 is 24.5 Å². The van der Waals surface area contributed by atoms with Crippen molar-refractivity contribution < 1.29 is 55.0 Å². The molecule has 0 bridgehead atoms. The number of benzene rings is 2. The summed E-state index contributed by atoms with van der Waals surface area (Å²) in [6.45, 7) is 4.94. The highest BCUT2D eigenvalue weighted by Crippen LogP contribution is 2.39. The number of likely N-dealkylation sites (tertiary alicyclic amines) is 1. The highest BCUT2D eigenvalue weighted by atomic mass is 19.4. The van der Waals surface area contributed by atoms with E-state index in [1.807, 2.05) is 0 Å². The van der Waals surface area contributed by atoms with Crippen molar-refractivity contribution in [1.29, 1.82) is 0 Å². The molecular formula is C30H31F6N5O6. The molecule has 0 unspecified atom stereocenters. The number of alkyl halides is 6. The summed E-state index contributed by atoms with van der Waals surface area (Å²) in [5, 5.41) is 15.2. The second-order valence-corrected chi connectivity index (χ2v) is 11.5. The van der Waals surface area contributed by atoms with Crippen LogP contribution in [0.5, 0.6) is 5.75 Å². The smallest absolute Gasteiger partial charge is 0.437 e. The van der Waals surface area contributed by atoms with Crippen molar-refractivity contribution in [2.24, 2.45) is 4.99 Å². The van der Waals surface area contributed by atoms with Crippen LogP contribution in [0.1, 0.15) is 68.7 Å². The van der Waals surface area contributed by atoms with Crippen LogP contribution in [0, 0.1) is 0 Å². The van der Waals surface area contributed by atoms with Crippen LogP contribution in [0.15, 0.2) is 52.0 Å². The second kappa shape index (κ2) is 13.9. The van der Waals surface area contributed by atoms with Gasteiger partial charge in [-0.2, -0.15) is 31.3 Å². The van der Waals surface area contributed by atoms with Crippen molar-refractivity contribution in [3.63, 3.8) is 0 Å². The molecule has 0 spiro atoms. The van der Waals surface area contributed by atoms with E-state index in [1.165, 1.54) is 23.1 Å². The first-order valence-electron chi connectivity index (χ1n) is 14.3. The lowest BCUT2D eigenvalue weighted by Crippen LogP contribution is -2.44. The molecular weight excluding hydrogens is 640 g/mol. The number of carbonyl (C=O) groups is 2. The Kier molecular flexibility index (Phi) is 10.3. The van der Waals surface area contributed by atoms with Crippen molar-refractivity contribution >= 4 is 18.1 Å². The summed E-state index contributed by atoms with van der Waals surface area (Å²) in [7, 11) is 0. The minimum absolute atomic E-state index is 0.0414. The van der Waals surface area contributed by atoms with Gasteiger partial charge in [-0.15, -0.1) is 4.99 Å². The number of aromatic nitrogens is 2. The Bertz CT molecular complexity index is 1600. The van der Waals surface area contributed by atoms with Gasteiger partial charge in [0.1, 0.15) is 17.4 Å². The Morgan fingerprint density at radius 3 is 2.38 bits per heavy atom. The number of hydrogen-bond donors (Lipinski definition) is 2. The minimum atomic E-state index is -4.82. The number of nitrogens with one attached hydrogen (secondary N) is 1. The van der Waals surface area contributed by atoms with Crippen molar-refractivity contribution in [2.75, 3.05) is 13.2 Å². The number of rotatable bonds is 7. The van der Waals surface area contributed by atoms with Gasteiger partial charge in [0.15, 0.2) is 0 Å². The summed E-state index contributed by atoms with van der Waals surface area (Å²) in [5.74, 6) is -1.02. The molecule has 1 aliphatic heterocycles. The van der Waals surface area contributed by atoms with Gasteiger partial charge in [-0.05, 0) is 82.3 Å². The standard InChI is InChI=1S/C30H31F6N5O6/c1-28(2,3)46-27(44)39-25(38-26(42)43)41-14-4-7-21(41)24-37-23(40-47-24)18-10-13-22(20(16-18)30(34,35)36)45-15-5-6-17-8-11-19(12-9-17)29(31,32)33/h8-13,16,21H,4-7,14-15H2,1-3H3,(H,42,43)(H,38,39,44)/t21-/m0/s1. The van der Waals surface area contributed by atoms with Gasteiger partial charge in [-0.25, -0.2) is 9.59 Å². The second-order valence-electron chi connectivity index (χ2n) is 11.5. The third-order valence-corrected chi connectivity index (χ3v) is 6.75. The van der Waals surface area contributed by atoms with Gasteiger partial charge in [0.2, 0.25) is 17.7 Å². The molecule has 1 fully saturated rings. The SMILES string of the molecule is CC(C)(C)OC(=O)N=C(NC(=O)O)N1CCC[C@H]1c1nc(-c2ccc(OCCCc3ccc(C(F)(F)F)cc3)c(C(F)(F)F)c2)no1. The van der Waals surface area contributed by atoms with E-state index in [-0.39, 0.29) is 49.2 Å². The number of carboxylic acid groups (broad SMARTS) is 1. The third-order valence-electron chi connectivity index (χ3n) is 6.75. The molecule has 2 amide bonds. The van der Waals surface area contributed by atoms with Gasteiger partial charge in [-0.3, -0.25) is 5.32 Å². The molecule has 2 N–H and O–H groups in total. The number of hydrogen-bond acceptors (Lipinski definition) is 7. The maximum Gasteiger partial charge on any atom is 0.437 e. The van der Waals surface area contributed by atoms with Crippen LogP contribution in [0.3, 0.4) is 0 Å². The molecule has 0 saturated carbocycles. The summed E-state index contributed by atoms with van der Waals surface area (Å²) in [5.41, 5.74) is -2.26. The summed E-state index contributed by atoms with van der Waals surface area (Å²) >= 11 is 0. The predicted octanol–water partition coefficient (Wildman–Crippen LogP) is 7.48. The number of aliphatic imine (C=N–C) groups is 1. The van der Waals surface area contributed by atoms with Crippen LogP contribution in [0.2, 0.25) is 0 Å². The first kappa shape index (κ1) is 35.0. The van der Waals surface area contributed by atoms with Gasteiger partial charge in [0.05, 0.1) is 17.7 Å². The van der Waals surface area contributed by atoms with Crippen LogP contribution in [-0.4, -0.2) is 57.0 Å². The fourth-order valence-corrected chi connectivity index (χ4v) is 4.73. The molecule has 254 valence electrons. The highest BCUT2D eigenvalue weighted by molar-refractivity contribution is 5.98. The van der Waals surface area contributed by atoms with E-state index in [9.17, 15) is 41.0 Å². The fourth-order valence-electron chi connectivity index (χ4n) is 4.73. The molecule has 2 aromatic carbocycles. The summed E-state index contributed by atoms with van der Waals surface area (Å²) in [4.78, 5) is 33.2. The topological polar surface area (TPSA) is 139 Å². The van der Waals surface area contributed by atoms with E-state index in [1.54, 1.807) is 20.8 Å². The van der Waals surface area contributed by atoms with Gasteiger partial charge < -0.3 is 24.0 Å². The molecule has 17 heteroatoms. The first-order chi connectivity index (χ1) is 21.9. The lowest BCUT2D eigenvalue weighted by Gasteiger charge is -2.25. The van der Waals surface area contributed by atoms with Gasteiger partial charge in [0, 0.05) is 12.1 Å². The summed E-state index contributed by atoms with van der Waals surface area (Å²) in [6.07, 6.45) is -10.4. The maximum atomic E-state index is 14.0. The first-order valence-corrected chi connectivity index (χ1v) is 14.3. The van der Waals surface area contributed by atoms with E-state index in [0.29, 0.717) is 18.4 Å². The Hall–Kier alpha value is -4.83. The Labute approximate surface area is 264 Å². The minimum Gasteiger partial charge on any atom is -0.493 e. The molecule has 0 aliphatic carbocycles. The number of guanidine groups is 1. The van der Waals surface area contributed by atoms with Gasteiger partial charge in [0.25, 0.3) is 0 Å². The predicted molar refractivity (Wildman–Crippen MR) is 154 cm³/mol. The van der Waals surface area contributed by atoms with Crippen molar-refractivity contribution in [3.8, 4) is 17.1 Å². The average molecular weight is 672 g/mol. The average Bonchev–Trinajstić information content (AvgIpc) is 3.63. The zero-order valence-electron chi connectivity index (χ0n) is 25.4. The number of aryl methyl sites for hydroxylation is 1. The Morgan fingerprint density at radius 1 is 1.06 bits per heavy atom. The van der Waals surface area contributed by atoms with Crippen molar-refractivity contribution in [3.05, 3.63) is 65.0 Å². The monoisotopic (exact) mass is 671 g/mol. The highest BCUT2D eigenvalue weighted by Gasteiger charge is 2.37. The zero-order valence-corrected chi connectivity index (χ0v) is 25.4.